The molecule has 0 saturated heterocycles. The van der Waals surface area contributed by atoms with E-state index < -0.39 is 6.10 Å². The van der Waals surface area contributed by atoms with E-state index in [4.69, 9.17) is 4.74 Å². The summed E-state index contributed by atoms with van der Waals surface area (Å²) in [5, 5.41) is 19.4. The van der Waals surface area contributed by atoms with Gasteiger partial charge in [0.1, 0.15) is 17.6 Å². The van der Waals surface area contributed by atoms with Gasteiger partial charge in [-0.25, -0.2) is 4.79 Å². The van der Waals surface area contributed by atoms with Crippen LogP contribution in [-0.2, 0) is 9.53 Å². The number of allylic oxidation sites excluding steroid dienone is 4. The molecule has 0 amide bonds. The van der Waals surface area contributed by atoms with Gasteiger partial charge in [0.2, 0.25) is 0 Å². The van der Waals surface area contributed by atoms with Crippen molar-refractivity contribution in [1.29, 1.82) is 0 Å². The topological polar surface area (TPSA) is 66.8 Å². The number of carbonyl (C=O) groups excluding carboxylic acids is 1. The van der Waals surface area contributed by atoms with E-state index >= 15 is 0 Å². The summed E-state index contributed by atoms with van der Waals surface area (Å²) in [5.74, 6) is -0.327. The van der Waals surface area contributed by atoms with Gasteiger partial charge in [-0.1, -0.05) is 23.3 Å². The molecule has 2 rings (SSSR count). The normalized spacial score (nSPS) is 17.2. The number of hydrogen-bond donors (Lipinski definition) is 2. The number of phenolic OH excluding ortho intramolecular Hbond substituents is 2. The predicted octanol–water partition coefficient (Wildman–Crippen LogP) is 5.10. The Morgan fingerprint density at radius 3 is 2.64 bits per heavy atom. The second-order valence-corrected chi connectivity index (χ2v) is 6.67. The van der Waals surface area contributed by atoms with Gasteiger partial charge >= 0.3 is 5.97 Å². The van der Waals surface area contributed by atoms with Crippen molar-refractivity contribution in [2.45, 2.75) is 52.6 Å². The second-order valence-electron chi connectivity index (χ2n) is 6.67. The fourth-order valence-electron chi connectivity index (χ4n) is 2.75. The zero-order valence-electron chi connectivity index (χ0n) is 15.1. The molecule has 1 heterocycles. The molecule has 0 aromatic heterocycles. The molecule has 4 heteroatoms. The van der Waals surface area contributed by atoms with Crippen molar-refractivity contribution in [3.8, 4) is 11.5 Å². The molecule has 25 heavy (non-hydrogen) atoms. The molecule has 0 saturated carbocycles. The molecule has 134 valence electrons. The van der Waals surface area contributed by atoms with Gasteiger partial charge in [-0.3, -0.25) is 0 Å². The SMILES string of the molecule is CC(C)=CCCC(C)=CCCC1=C[C@@H](c2cc(O)ccc2O)OC1=O. The zero-order valence-corrected chi connectivity index (χ0v) is 15.1. The Hall–Kier alpha value is -2.49. The first kappa shape index (κ1) is 18.8. The van der Waals surface area contributed by atoms with Gasteiger partial charge in [-0.05, 0) is 70.7 Å². The number of carbonyl (C=O) groups is 1. The van der Waals surface area contributed by atoms with E-state index in [1.807, 2.05) is 0 Å². The van der Waals surface area contributed by atoms with E-state index in [-0.39, 0.29) is 17.5 Å². The fraction of sp³-hybridized carbons (Fsp3) is 0.381. The average molecular weight is 342 g/mol. The lowest BCUT2D eigenvalue weighted by Gasteiger charge is -2.10. The van der Waals surface area contributed by atoms with E-state index in [2.05, 4.69) is 32.9 Å². The maximum atomic E-state index is 12.0. The van der Waals surface area contributed by atoms with Gasteiger partial charge < -0.3 is 14.9 Å². The van der Waals surface area contributed by atoms with E-state index in [0.29, 0.717) is 17.6 Å². The third-order valence-electron chi connectivity index (χ3n) is 4.16. The van der Waals surface area contributed by atoms with E-state index in [1.54, 1.807) is 6.08 Å². The van der Waals surface area contributed by atoms with Gasteiger partial charge in [0.05, 0.1) is 0 Å². The molecule has 1 aromatic carbocycles. The number of hydrogen-bond acceptors (Lipinski definition) is 4. The van der Waals surface area contributed by atoms with Crippen molar-refractivity contribution >= 4 is 5.97 Å². The number of phenols is 2. The number of esters is 1. The van der Waals surface area contributed by atoms with Crippen LogP contribution >= 0.6 is 0 Å². The minimum absolute atomic E-state index is 0.00288. The van der Waals surface area contributed by atoms with Crippen LogP contribution in [0.1, 0.15) is 58.1 Å². The summed E-state index contributed by atoms with van der Waals surface area (Å²) in [5.41, 5.74) is 3.65. The van der Waals surface area contributed by atoms with Crippen LogP contribution in [0.2, 0.25) is 0 Å². The standard InChI is InChI=1S/C21H26O4/c1-14(2)6-4-7-15(3)8-5-9-16-12-20(25-21(16)24)18-13-17(22)10-11-19(18)23/h6,8,10-13,20,22-23H,4-5,7,9H2,1-3H3/t20-/m0/s1. The van der Waals surface area contributed by atoms with Crippen LogP contribution < -0.4 is 0 Å². The Balaban J connectivity index is 1.95. The van der Waals surface area contributed by atoms with Crippen LogP contribution in [0.5, 0.6) is 11.5 Å². The van der Waals surface area contributed by atoms with E-state index in [9.17, 15) is 15.0 Å². The molecule has 0 bridgehead atoms. The lowest BCUT2D eigenvalue weighted by Crippen LogP contribution is -2.02. The van der Waals surface area contributed by atoms with Crippen molar-refractivity contribution in [2.75, 3.05) is 0 Å². The first-order chi connectivity index (χ1) is 11.9. The van der Waals surface area contributed by atoms with Gasteiger partial charge in [0.15, 0.2) is 0 Å². The summed E-state index contributed by atoms with van der Waals surface area (Å²) in [6.45, 7) is 6.30. The number of cyclic esters (lactones) is 1. The molecule has 1 aliphatic heterocycles. The highest BCUT2D eigenvalue weighted by atomic mass is 16.5. The quantitative estimate of drug-likeness (QED) is 0.411. The Kier molecular flexibility index (Phi) is 6.45. The van der Waals surface area contributed by atoms with Crippen LogP contribution in [0.4, 0.5) is 0 Å². The van der Waals surface area contributed by atoms with Crippen LogP contribution in [0, 0.1) is 0 Å². The highest BCUT2D eigenvalue weighted by Crippen LogP contribution is 2.36. The molecule has 0 unspecified atom stereocenters. The van der Waals surface area contributed by atoms with Crippen LogP contribution in [0.25, 0.3) is 0 Å². The predicted molar refractivity (Wildman–Crippen MR) is 98.3 cm³/mol. The first-order valence-electron chi connectivity index (χ1n) is 8.59. The molecule has 1 atom stereocenters. The molecule has 0 spiro atoms. The minimum atomic E-state index is -0.641. The highest BCUT2D eigenvalue weighted by molar-refractivity contribution is 5.91. The zero-order chi connectivity index (χ0) is 18.4. The summed E-state index contributed by atoms with van der Waals surface area (Å²) >= 11 is 0. The van der Waals surface area contributed by atoms with E-state index in [1.165, 1.54) is 29.3 Å². The highest BCUT2D eigenvalue weighted by Gasteiger charge is 2.28. The average Bonchev–Trinajstić information content (AvgIpc) is 2.90. The number of benzene rings is 1. The van der Waals surface area contributed by atoms with Crippen LogP contribution in [-0.4, -0.2) is 16.2 Å². The Labute approximate surface area is 149 Å². The lowest BCUT2D eigenvalue weighted by atomic mass is 10.0. The molecular weight excluding hydrogens is 316 g/mol. The molecule has 1 aliphatic rings. The maximum Gasteiger partial charge on any atom is 0.334 e. The molecule has 0 radical (unpaired) electrons. The summed E-state index contributed by atoms with van der Waals surface area (Å²) in [7, 11) is 0. The summed E-state index contributed by atoms with van der Waals surface area (Å²) in [6, 6.07) is 4.20. The van der Waals surface area contributed by atoms with Crippen LogP contribution in [0.15, 0.2) is 53.1 Å². The Morgan fingerprint density at radius 2 is 1.92 bits per heavy atom. The Bertz CT molecular complexity index is 721. The van der Waals surface area contributed by atoms with Crippen LogP contribution in [0.3, 0.4) is 0 Å². The molecule has 0 aliphatic carbocycles. The number of ether oxygens (including phenoxy) is 1. The minimum Gasteiger partial charge on any atom is -0.508 e. The monoisotopic (exact) mass is 342 g/mol. The smallest absolute Gasteiger partial charge is 0.334 e. The summed E-state index contributed by atoms with van der Waals surface area (Å²) < 4.78 is 5.31. The van der Waals surface area contributed by atoms with Gasteiger partial charge in [-0.15, -0.1) is 0 Å². The summed E-state index contributed by atoms with van der Waals surface area (Å²) in [4.78, 5) is 12.0. The molecule has 2 N–H and O–H groups in total. The second kappa shape index (κ2) is 8.56. The van der Waals surface area contributed by atoms with Crippen molar-refractivity contribution < 1.29 is 19.7 Å². The third kappa shape index (κ3) is 5.52. The molecule has 0 fully saturated rings. The van der Waals surface area contributed by atoms with Gasteiger partial charge in [0, 0.05) is 11.1 Å². The van der Waals surface area contributed by atoms with Crippen molar-refractivity contribution in [3.63, 3.8) is 0 Å². The fourth-order valence-corrected chi connectivity index (χ4v) is 2.75. The van der Waals surface area contributed by atoms with Gasteiger partial charge in [-0.2, -0.15) is 0 Å². The van der Waals surface area contributed by atoms with E-state index in [0.717, 1.165) is 19.3 Å². The largest absolute Gasteiger partial charge is 0.508 e. The van der Waals surface area contributed by atoms with Crippen molar-refractivity contribution in [2.24, 2.45) is 0 Å². The number of rotatable bonds is 7. The summed E-state index contributed by atoms with van der Waals surface area (Å²) in [6.07, 6.45) is 8.91. The molecular formula is C21H26O4. The Morgan fingerprint density at radius 1 is 1.16 bits per heavy atom. The molecule has 4 nitrogen and oxygen atoms in total. The third-order valence-corrected chi connectivity index (χ3v) is 4.16. The van der Waals surface area contributed by atoms with Crippen molar-refractivity contribution in [1.82, 2.24) is 0 Å². The maximum absolute atomic E-state index is 12.0. The first-order valence-corrected chi connectivity index (χ1v) is 8.59. The lowest BCUT2D eigenvalue weighted by molar-refractivity contribution is -0.140. The molecule has 1 aromatic rings. The van der Waals surface area contributed by atoms with Gasteiger partial charge in [0.25, 0.3) is 0 Å². The number of aromatic hydroxyl groups is 2. The van der Waals surface area contributed by atoms with Crippen molar-refractivity contribution in [3.05, 3.63) is 58.7 Å².